The molecule has 0 aromatic carbocycles. The standard InChI is InChI=1S/C10H11N5O5/c1-2-3-7-11-8(20-13-7)5-14-4-6(15(18)19)9(12-14)10(16)17/h4H,2-3,5H2,1H3,(H,16,17). The number of nitrogens with zero attached hydrogens (tertiary/aromatic N) is 5. The largest absolute Gasteiger partial charge is 0.476 e. The van der Waals surface area contributed by atoms with Gasteiger partial charge in [0.1, 0.15) is 12.7 Å². The molecule has 20 heavy (non-hydrogen) atoms. The molecular formula is C10H11N5O5. The van der Waals surface area contributed by atoms with Gasteiger partial charge in [0.2, 0.25) is 11.6 Å². The number of carboxylic acids is 1. The van der Waals surface area contributed by atoms with E-state index in [4.69, 9.17) is 9.63 Å². The molecule has 2 rings (SSSR count). The lowest BCUT2D eigenvalue weighted by molar-refractivity contribution is -0.385. The highest BCUT2D eigenvalue weighted by Gasteiger charge is 2.25. The van der Waals surface area contributed by atoms with Crippen LogP contribution in [0.25, 0.3) is 0 Å². The van der Waals surface area contributed by atoms with Gasteiger partial charge in [-0.15, -0.1) is 0 Å². The fourth-order valence-corrected chi connectivity index (χ4v) is 1.60. The Labute approximate surface area is 112 Å². The van der Waals surface area contributed by atoms with Crippen LogP contribution in [0.1, 0.15) is 35.5 Å². The Kier molecular flexibility index (Phi) is 3.73. The van der Waals surface area contributed by atoms with Gasteiger partial charge in [-0.3, -0.25) is 14.8 Å². The first-order chi connectivity index (χ1) is 9.51. The molecule has 0 aliphatic heterocycles. The van der Waals surface area contributed by atoms with Crippen molar-refractivity contribution in [3.05, 3.63) is 33.7 Å². The highest BCUT2D eigenvalue weighted by atomic mass is 16.6. The zero-order chi connectivity index (χ0) is 14.7. The van der Waals surface area contributed by atoms with Crippen LogP contribution in [0.5, 0.6) is 0 Å². The molecule has 106 valence electrons. The molecule has 10 nitrogen and oxygen atoms in total. The van der Waals surface area contributed by atoms with E-state index in [1.54, 1.807) is 0 Å². The number of hydrogen-bond donors (Lipinski definition) is 1. The van der Waals surface area contributed by atoms with Gasteiger partial charge in [0, 0.05) is 6.42 Å². The second-order valence-electron chi connectivity index (χ2n) is 3.98. The summed E-state index contributed by atoms with van der Waals surface area (Å²) >= 11 is 0. The normalized spacial score (nSPS) is 10.7. The third-order valence-corrected chi connectivity index (χ3v) is 2.42. The van der Waals surface area contributed by atoms with E-state index in [-0.39, 0.29) is 12.4 Å². The maximum absolute atomic E-state index is 10.8. The number of rotatable bonds is 6. The molecule has 10 heteroatoms. The third-order valence-electron chi connectivity index (χ3n) is 2.42. The van der Waals surface area contributed by atoms with E-state index < -0.39 is 22.3 Å². The molecule has 2 aromatic heterocycles. The zero-order valence-electron chi connectivity index (χ0n) is 10.5. The van der Waals surface area contributed by atoms with Gasteiger partial charge in [0.05, 0.1) is 4.92 Å². The van der Waals surface area contributed by atoms with E-state index in [0.29, 0.717) is 12.2 Å². The van der Waals surface area contributed by atoms with Crippen LogP contribution in [0.15, 0.2) is 10.7 Å². The van der Waals surface area contributed by atoms with Crippen molar-refractivity contribution in [2.75, 3.05) is 0 Å². The smallest absolute Gasteiger partial charge is 0.363 e. The van der Waals surface area contributed by atoms with Crippen LogP contribution in [0, 0.1) is 10.1 Å². The number of carbonyl (C=O) groups is 1. The molecule has 0 amide bonds. The molecule has 0 spiro atoms. The minimum absolute atomic E-state index is 0.0230. The molecule has 2 aromatic rings. The van der Waals surface area contributed by atoms with E-state index in [1.807, 2.05) is 6.92 Å². The van der Waals surface area contributed by atoms with Crippen LogP contribution >= 0.6 is 0 Å². The summed E-state index contributed by atoms with van der Waals surface area (Å²) < 4.78 is 6.04. The van der Waals surface area contributed by atoms with Gasteiger partial charge < -0.3 is 9.63 Å². The Morgan fingerprint density at radius 3 is 2.90 bits per heavy atom. The van der Waals surface area contributed by atoms with Crippen LogP contribution in [-0.4, -0.2) is 35.9 Å². The van der Waals surface area contributed by atoms with Crippen LogP contribution < -0.4 is 0 Å². The number of aromatic nitrogens is 4. The van der Waals surface area contributed by atoms with Crippen molar-refractivity contribution in [3.63, 3.8) is 0 Å². The van der Waals surface area contributed by atoms with Crippen molar-refractivity contribution in [1.29, 1.82) is 0 Å². The molecule has 0 fully saturated rings. The summed E-state index contributed by atoms with van der Waals surface area (Å²) in [5, 5.41) is 26.9. The highest BCUT2D eigenvalue weighted by molar-refractivity contribution is 5.89. The van der Waals surface area contributed by atoms with Crippen molar-refractivity contribution in [3.8, 4) is 0 Å². The molecule has 0 saturated carbocycles. The molecule has 0 unspecified atom stereocenters. The van der Waals surface area contributed by atoms with Crippen molar-refractivity contribution < 1.29 is 19.3 Å². The molecule has 0 aliphatic rings. The van der Waals surface area contributed by atoms with Gasteiger partial charge in [-0.25, -0.2) is 4.79 Å². The second kappa shape index (κ2) is 5.47. The molecule has 1 N–H and O–H groups in total. The topological polar surface area (TPSA) is 137 Å². The van der Waals surface area contributed by atoms with E-state index in [1.165, 1.54) is 0 Å². The summed E-state index contributed by atoms with van der Waals surface area (Å²) in [5.41, 5.74) is -1.20. The third kappa shape index (κ3) is 2.79. The van der Waals surface area contributed by atoms with Crippen LogP contribution in [-0.2, 0) is 13.0 Å². The maximum atomic E-state index is 10.8. The predicted octanol–water partition coefficient (Wildman–Crippen LogP) is 0.873. The van der Waals surface area contributed by atoms with Crippen LogP contribution in [0.4, 0.5) is 5.69 Å². The van der Waals surface area contributed by atoms with E-state index in [2.05, 4.69) is 15.2 Å². The lowest BCUT2D eigenvalue weighted by atomic mass is 10.3. The quantitative estimate of drug-likeness (QED) is 0.608. The van der Waals surface area contributed by atoms with Crippen molar-refractivity contribution in [2.24, 2.45) is 0 Å². The Morgan fingerprint density at radius 2 is 2.35 bits per heavy atom. The Bertz CT molecular complexity index is 615. The molecular weight excluding hydrogens is 270 g/mol. The average Bonchev–Trinajstić information content (AvgIpc) is 2.97. The molecule has 0 saturated heterocycles. The van der Waals surface area contributed by atoms with E-state index in [0.717, 1.165) is 17.3 Å². The van der Waals surface area contributed by atoms with Crippen molar-refractivity contribution >= 4 is 11.7 Å². The Hall–Kier alpha value is -2.78. The van der Waals surface area contributed by atoms with Gasteiger partial charge in [0.25, 0.3) is 0 Å². The first-order valence-electron chi connectivity index (χ1n) is 5.77. The number of nitro groups is 1. The van der Waals surface area contributed by atoms with Crippen molar-refractivity contribution in [1.82, 2.24) is 19.9 Å². The number of hydrogen-bond acceptors (Lipinski definition) is 7. The summed E-state index contributed by atoms with van der Waals surface area (Å²) in [4.78, 5) is 24.8. The second-order valence-corrected chi connectivity index (χ2v) is 3.98. The lowest BCUT2D eigenvalue weighted by Crippen LogP contribution is -2.05. The Morgan fingerprint density at radius 1 is 1.60 bits per heavy atom. The van der Waals surface area contributed by atoms with Crippen LogP contribution in [0.2, 0.25) is 0 Å². The molecule has 0 radical (unpaired) electrons. The van der Waals surface area contributed by atoms with E-state index >= 15 is 0 Å². The fourth-order valence-electron chi connectivity index (χ4n) is 1.60. The first-order valence-corrected chi connectivity index (χ1v) is 5.77. The number of carboxylic acid groups (broad SMARTS) is 1. The summed E-state index contributed by atoms with van der Waals surface area (Å²) in [6.07, 6.45) is 2.53. The molecule has 2 heterocycles. The number of aryl methyl sites for hydroxylation is 1. The molecule has 0 atom stereocenters. The van der Waals surface area contributed by atoms with Gasteiger partial charge in [0.15, 0.2) is 5.82 Å². The first kappa shape index (κ1) is 13.6. The summed E-state index contributed by atoms with van der Waals surface area (Å²) in [6.45, 7) is 1.94. The van der Waals surface area contributed by atoms with Gasteiger partial charge >= 0.3 is 11.7 Å². The minimum atomic E-state index is -1.47. The monoisotopic (exact) mass is 281 g/mol. The maximum Gasteiger partial charge on any atom is 0.363 e. The fraction of sp³-hybridized carbons (Fsp3) is 0.400. The molecule has 0 bridgehead atoms. The van der Waals surface area contributed by atoms with E-state index in [9.17, 15) is 14.9 Å². The summed E-state index contributed by atoms with van der Waals surface area (Å²) in [7, 11) is 0. The predicted molar refractivity (Wildman–Crippen MR) is 63.2 cm³/mol. The average molecular weight is 281 g/mol. The minimum Gasteiger partial charge on any atom is -0.476 e. The summed E-state index contributed by atoms with van der Waals surface area (Å²) in [5.74, 6) is -0.724. The van der Waals surface area contributed by atoms with Crippen LogP contribution in [0.3, 0.4) is 0 Å². The Balaban J connectivity index is 2.22. The highest BCUT2D eigenvalue weighted by Crippen LogP contribution is 2.17. The van der Waals surface area contributed by atoms with Gasteiger partial charge in [-0.2, -0.15) is 10.1 Å². The zero-order valence-corrected chi connectivity index (χ0v) is 10.5. The van der Waals surface area contributed by atoms with Gasteiger partial charge in [-0.1, -0.05) is 12.1 Å². The summed E-state index contributed by atoms with van der Waals surface area (Å²) in [6, 6.07) is 0. The van der Waals surface area contributed by atoms with Gasteiger partial charge in [-0.05, 0) is 6.42 Å². The SMILES string of the molecule is CCCc1noc(Cn2cc([N+](=O)[O-])c(C(=O)O)n2)n1. The number of aromatic carboxylic acids is 1. The lowest BCUT2D eigenvalue weighted by Gasteiger charge is -1.93. The van der Waals surface area contributed by atoms with Crippen molar-refractivity contribution in [2.45, 2.75) is 26.3 Å². The molecule has 0 aliphatic carbocycles.